The number of aromatic nitrogens is 2. The quantitative estimate of drug-likeness (QED) is 0.131. The maximum Gasteiger partial charge on any atom is 0.233 e. The molecule has 0 spiro atoms. The molecule has 2 atom stereocenters. The maximum atomic E-state index is 13.9. The minimum atomic E-state index is -0.486. The lowest BCUT2D eigenvalue weighted by atomic mass is 10.1. The third-order valence-electron chi connectivity index (χ3n) is 7.69. The van der Waals surface area contributed by atoms with Gasteiger partial charge < -0.3 is 20.6 Å². The molecule has 2 unspecified atom stereocenters. The first-order valence-electron chi connectivity index (χ1n) is 14.5. The summed E-state index contributed by atoms with van der Waals surface area (Å²) >= 11 is 1.44. The van der Waals surface area contributed by atoms with Gasteiger partial charge in [-0.3, -0.25) is 9.59 Å². The minimum absolute atomic E-state index is 0.0843. The molecule has 43 heavy (non-hydrogen) atoms. The van der Waals surface area contributed by atoms with E-state index in [1.165, 1.54) is 11.8 Å². The Labute approximate surface area is 255 Å². The molecule has 6 rings (SSSR count). The van der Waals surface area contributed by atoms with E-state index in [0.29, 0.717) is 25.9 Å². The van der Waals surface area contributed by atoms with Crippen LogP contribution in [0, 0.1) is 0 Å². The van der Waals surface area contributed by atoms with Crippen LogP contribution in [0.5, 0.6) is 0 Å². The summed E-state index contributed by atoms with van der Waals surface area (Å²) in [6.45, 7) is 0.857. The average molecular weight is 587 g/mol. The lowest BCUT2D eigenvalue weighted by molar-refractivity contribution is -0.120. The summed E-state index contributed by atoms with van der Waals surface area (Å²) in [6, 6.07) is 36.0. The van der Waals surface area contributed by atoms with E-state index in [0.717, 1.165) is 44.1 Å². The molecule has 216 valence electrons. The number of carbonyl (C=O) groups excluding carboxylic acids is 2. The van der Waals surface area contributed by atoms with Gasteiger partial charge in [0.2, 0.25) is 11.8 Å². The standard InChI is InChI=1S/C36H34N4O2S/c41-35(39-21-25-11-3-1-4-12-25)33(19-27-23-37-31-17-9-7-15-29(27)31)43-34(36(42)40-22-26-13-5-2-6-14-26)20-28-24-38-32-18-10-8-16-30(28)32/h1-18,23-24,33-34,37-38H,19-22H2,(H,39,41)(H,40,42). The summed E-state index contributed by atoms with van der Waals surface area (Å²) in [6.07, 6.45) is 4.94. The van der Waals surface area contributed by atoms with E-state index in [2.05, 4.69) is 32.7 Å². The van der Waals surface area contributed by atoms with Crippen molar-refractivity contribution in [2.75, 3.05) is 0 Å². The zero-order valence-electron chi connectivity index (χ0n) is 23.8. The van der Waals surface area contributed by atoms with E-state index in [-0.39, 0.29) is 11.8 Å². The molecule has 0 aliphatic heterocycles. The van der Waals surface area contributed by atoms with Crippen LogP contribution in [-0.2, 0) is 35.5 Å². The lowest BCUT2D eigenvalue weighted by Gasteiger charge is -2.23. The topological polar surface area (TPSA) is 89.8 Å². The number of hydrogen-bond donors (Lipinski definition) is 4. The number of aromatic amines is 2. The Morgan fingerprint density at radius 1 is 0.558 bits per heavy atom. The molecule has 4 N–H and O–H groups in total. The molecule has 0 aliphatic rings. The molecule has 0 aliphatic carbocycles. The molecule has 2 amide bonds. The maximum absolute atomic E-state index is 13.9. The third-order valence-corrected chi connectivity index (χ3v) is 9.11. The number of rotatable bonds is 12. The van der Waals surface area contributed by atoms with Crippen LogP contribution in [0.2, 0.25) is 0 Å². The smallest absolute Gasteiger partial charge is 0.233 e. The van der Waals surface area contributed by atoms with Gasteiger partial charge in [0.25, 0.3) is 0 Å². The Balaban J connectivity index is 1.28. The Kier molecular flexibility index (Phi) is 8.90. The van der Waals surface area contributed by atoms with Crippen molar-refractivity contribution in [3.8, 4) is 0 Å². The van der Waals surface area contributed by atoms with Gasteiger partial charge in [-0.05, 0) is 47.2 Å². The molecule has 2 aromatic heterocycles. The van der Waals surface area contributed by atoms with Crippen molar-refractivity contribution in [2.45, 2.75) is 36.4 Å². The predicted molar refractivity (Wildman–Crippen MR) is 176 cm³/mol. The fourth-order valence-corrected chi connectivity index (χ4v) is 6.76. The second kappa shape index (κ2) is 13.5. The monoisotopic (exact) mass is 586 g/mol. The Morgan fingerprint density at radius 3 is 1.40 bits per heavy atom. The highest BCUT2D eigenvalue weighted by molar-refractivity contribution is 8.01. The fourth-order valence-electron chi connectivity index (χ4n) is 5.40. The van der Waals surface area contributed by atoms with Gasteiger partial charge in [0, 0.05) is 47.3 Å². The molecule has 0 saturated heterocycles. The zero-order chi connectivity index (χ0) is 29.4. The van der Waals surface area contributed by atoms with Gasteiger partial charge >= 0.3 is 0 Å². The molecule has 0 fully saturated rings. The van der Waals surface area contributed by atoms with Gasteiger partial charge in [-0.2, -0.15) is 0 Å². The largest absolute Gasteiger partial charge is 0.361 e. The van der Waals surface area contributed by atoms with E-state index in [1.54, 1.807) is 0 Å². The van der Waals surface area contributed by atoms with Crippen LogP contribution in [0.25, 0.3) is 21.8 Å². The van der Waals surface area contributed by atoms with Gasteiger partial charge in [-0.15, -0.1) is 11.8 Å². The summed E-state index contributed by atoms with van der Waals surface area (Å²) in [5, 5.41) is 7.49. The van der Waals surface area contributed by atoms with Gasteiger partial charge in [0.05, 0.1) is 10.5 Å². The van der Waals surface area contributed by atoms with Crippen molar-refractivity contribution < 1.29 is 9.59 Å². The summed E-state index contributed by atoms with van der Waals surface area (Å²) in [4.78, 5) is 34.4. The predicted octanol–water partition coefficient (Wildman–Crippen LogP) is 6.54. The van der Waals surface area contributed by atoms with Crippen molar-refractivity contribution in [1.29, 1.82) is 0 Å². The molecule has 2 heterocycles. The summed E-state index contributed by atoms with van der Waals surface area (Å²) < 4.78 is 0. The first kappa shape index (κ1) is 28.4. The average Bonchev–Trinajstić information content (AvgIpc) is 3.66. The first-order valence-corrected chi connectivity index (χ1v) is 15.5. The Bertz CT molecular complexity index is 1680. The van der Waals surface area contributed by atoms with E-state index < -0.39 is 10.5 Å². The van der Waals surface area contributed by atoms with Crippen LogP contribution in [0.1, 0.15) is 22.3 Å². The van der Waals surface area contributed by atoms with Crippen molar-refractivity contribution >= 4 is 45.4 Å². The van der Waals surface area contributed by atoms with E-state index in [1.807, 2.05) is 109 Å². The van der Waals surface area contributed by atoms with Crippen LogP contribution in [0.15, 0.2) is 122 Å². The highest BCUT2D eigenvalue weighted by Crippen LogP contribution is 2.30. The van der Waals surface area contributed by atoms with Crippen molar-refractivity contribution in [3.63, 3.8) is 0 Å². The number of thioether (sulfide) groups is 1. The van der Waals surface area contributed by atoms with Crippen LogP contribution >= 0.6 is 11.8 Å². The van der Waals surface area contributed by atoms with E-state index >= 15 is 0 Å². The number of benzene rings is 4. The molecular formula is C36H34N4O2S. The number of carbonyl (C=O) groups is 2. The van der Waals surface area contributed by atoms with Crippen molar-refractivity contribution in [3.05, 3.63) is 144 Å². The third kappa shape index (κ3) is 7.01. The van der Waals surface area contributed by atoms with Gasteiger partial charge in [0.1, 0.15) is 0 Å². The molecular weight excluding hydrogens is 552 g/mol. The van der Waals surface area contributed by atoms with Crippen LogP contribution in [0.3, 0.4) is 0 Å². The minimum Gasteiger partial charge on any atom is -0.361 e. The van der Waals surface area contributed by atoms with Crippen LogP contribution in [0.4, 0.5) is 0 Å². The number of fused-ring (bicyclic) bond motifs is 2. The lowest BCUT2D eigenvalue weighted by Crippen LogP contribution is -2.39. The molecule has 6 nitrogen and oxygen atoms in total. The highest BCUT2D eigenvalue weighted by atomic mass is 32.2. The van der Waals surface area contributed by atoms with Crippen molar-refractivity contribution in [1.82, 2.24) is 20.6 Å². The summed E-state index contributed by atoms with van der Waals surface area (Å²) in [5.41, 5.74) is 6.23. The fraction of sp³-hybridized carbons (Fsp3) is 0.167. The molecule has 0 radical (unpaired) electrons. The molecule has 4 aromatic carbocycles. The highest BCUT2D eigenvalue weighted by Gasteiger charge is 2.30. The number of amides is 2. The van der Waals surface area contributed by atoms with Crippen molar-refractivity contribution in [2.24, 2.45) is 0 Å². The van der Waals surface area contributed by atoms with E-state index in [4.69, 9.17) is 0 Å². The number of nitrogens with one attached hydrogen (secondary N) is 4. The van der Waals surface area contributed by atoms with Gasteiger partial charge in [0.15, 0.2) is 0 Å². The summed E-state index contributed by atoms with van der Waals surface area (Å²) in [7, 11) is 0. The first-order chi connectivity index (χ1) is 21.1. The van der Waals surface area contributed by atoms with Gasteiger partial charge in [-0.1, -0.05) is 97.1 Å². The zero-order valence-corrected chi connectivity index (χ0v) is 24.6. The second-order valence-corrected chi connectivity index (χ2v) is 12.1. The summed E-state index contributed by atoms with van der Waals surface area (Å²) in [5.74, 6) is -0.169. The number of para-hydroxylation sites is 2. The molecule has 0 saturated carbocycles. The van der Waals surface area contributed by atoms with Crippen LogP contribution in [-0.4, -0.2) is 32.3 Å². The van der Waals surface area contributed by atoms with Crippen LogP contribution < -0.4 is 10.6 Å². The van der Waals surface area contributed by atoms with E-state index in [9.17, 15) is 9.59 Å². The normalized spacial score (nSPS) is 12.7. The number of H-pyrrole nitrogens is 2. The van der Waals surface area contributed by atoms with Gasteiger partial charge in [-0.25, -0.2) is 0 Å². The Hall–Kier alpha value is -4.75. The molecule has 7 heteroatoms. The second-order valence-electron chi connectivity index (χ2n) is 10.6. The molecule has 0 bridgehead atoms. The number of hydrogen-bond acceptors (Lipinski definition) is 3. The molecule has 6 aromatic rings. The Morgan fingerprint density at radius 2 is 0.953 bits per heavy atom. The SMILES string of the molecule is O=C(NCc1ccccc1)C(Cc1c[nH]c2ccccc12)SC(Cc1c[nH]c2ccccc12)C(=O)NCc1ccccc1.